The average Bonchev–Trinajstić information content (AvgIpc) is 3.27. The molecule has 3 aromatic carbocycles. The number of hydrazone groups is 1. The molecule has 1 N–H and O–H groups in total. The van der Waals surface area contributed by atoms with Gasteiger partial charge >= 0.3 is 0 Å². The van der Waals surface area contributed by atoms with Crippen LogP contribution in [-0.2, 0) is 6.42 Å². The topological polar surface area (TPSA) is 55.6 Å². The molecule has 0 atom stereocenters. The monoisotopic (exact) mass is 463 g/mol. The third-order valence-electron chi connectivity index (χ3n) is 5.66. The van der Waals surface area contributed by atoms with Gasteiger partial charge in [0.25, 0.3) is 5.91 Å². The Kier molecular flexibility index (Phi) is 7.58. The van der Waals surface area contributed by atoms with Crippen molar-refractivity contribution in [3.63, 3.8) is 0 Å². The first-order valence-electron chi connectivity index (χ1n) is 11.6. The van der Waals surface area contributed by atoms with Crippen LogP contribution in [0.4, 0.5) is 0 Å². The first kappa shape index (κ1) is 23.8. The zero-order valence-electron chi connectivity index (χ0n) is 20.1. The number of hydrogen-bond donors (Lipinski definition) is 1. The van der Waals surface area contributed by atoms with Crippen LogP contribution in [-0.4, -0.2) is 23.3 Å². The summed E-state index contributed by atoms with van der Waals surface area (Å²) >= 11 is 0. The predicted molar refractivity (Wildman–Crippen MR) is 143 cm³/mol. The van der Waals surface area contributed by atoms with E-state index >= 15 is 0 Å². The van der Waals surface area contributed by atoms with Crippen LogP contribution in [0.15, 0.2) is 103 Å². The van der Waals surface area contributed by atoms with Gasteiger partial charge in [-0.15, -0.1) is 6.58 Å². The van der Waals surface area contributed by atoms with E-state index < -0.39 is 0 Å². The quantitative estimate of drug-likeness (QED) is 0.179. The Labute approximate surface area is 206 Å². The Hall–Kier alpha value is -4.38. The van der Waals surface area contributed by atoms with Crippen molar-refractivity contribution in [2.45, 2.75) is 20.3 Å². The van der Waals surface area contributed by atoms with Gasteiger partial charge in [-0.1, -0.05) is 36.4 Å². The molecule has 4 rings (SSSR count). The Balaban J connectivity index is 1.46. The van der Waals surface area contributed by atoms with Crippen LogP contribution in [0.3, 0.4) is 0 Å². The van der Waals surface area contributed by atoms with E-state index in [0.717, 1.165) is 39.5 Å². The summed E-state index contributed by atoms with van der Waals surface area (Å²) in [5.41, 5.74) is 9.42. The summed E-state index contributed by atoms with van der Waals surface area (Å²) in [6.45, 7) is 8.43. The van der Waals surface area contributed by atoms with Crippen LogP contribution in [0, 0.1) is 6.92 Å². The molecule has 1 amide bonds. The normalized spacial score (nSPS) is 10.9. The molecule has 0 radical (unpaired) electrons. The number of benzene rings is 3. The minimum absolute atomic E-state index is 0.266. The largest absolute Gasteiger partial charge is 0.494 e. The number of aryl methyl sites for hydroxylation is 1. The molecule has 0 aliphatic carbocycles. The molecule has 0 fully saturated rings. The van der Waals surface area contributed by atoms with E-state index in [4.69, 9.17) is 4.74 Å². The molecule has 1 aromatic heterocycles. The Morgan fingerprint density at radius 2 is 1.80 bits per heavy atom. The summed E-state index contributed by atoms with van der Waals surface area (Å²) in [6.07, 6.45) is 4.16. The van der Waals surface area contributed by atoms with Crippen molar-refractivity contribution in [2.24, 2.45) is 5.10 Å². The van der Waals surface area contributed by atoms with Gasteiger partial charge in [0.15, 0.2) is 0 Å². The molecular formula is C30H29N3O2. The number of hydrogen-bond acceptors (Lipinski definition) is 3. The molecule has 0 spiro atoms. The highest BCUT2D eigenvalue weighted by Gasteiger charge is 2.11. The molecule has 0 aliphatic rings. The fraction of sp³-hybridized carbons (Fsp3) is 0.133. The van der Waals surface area contributed by atoms with Crippen LogP contribution >= 0.6 is 0 Å². The van der Waals surface area contributed by atoms with Crippen LogP contribution in [0.25, 0.3) is 16.9 Å². The second-order valence-corrected chi connectivity index (χ2v) is 8.10. The number of allylic oxidation sites excluding steroid dienone is 1. The Bertz CT molecular complexity index is 1340. The van der Waals surface area contributed by atoms with Gasteiger partial charge in [0.1, 0.15) is 5.75 Å². The second-order valence-electron chi connectivity index (χ2n) is 8.10. The predicted octanol–water partition coefficient (Wildman–Crippen LogP) is 6.34. The van der Waals surface area contributed by atoms with E-state index in [1.54, 1.807) is 6.21 Å². The van der Waals surface area contributed by atoms with E-state index in [1.807, 2.05) is 73.7 Å². The number of aromatic nitrogens is 1. The van der Waals surface area contributed by atoms with Gasteiger partial charge in [-0.3, -0.25) is 4.79 Å². The van der Waals surface area contributed by atoms with Gasteiger partial charge < -0.3 is 9.30 Å². The van der Waals surface area contributed by atoms with Gasteiger partial charge in [0, 0.05) is 16.9 Å². The zero-order valence-corrected chi connectivity index (χ0v) is 20.1. The molecule has 0 saturated carbocycles. The lowest BCUT2D eigenvalue weighted by Crippen LogP contribution is -2.17. The van der Waals surface area contributed by atoms with Crippen molar-refractivity contribution in [3.8, 4) is 22.7 Å². The van der Waals surface area contributed by atoms with E-state index in [-0.39, 0.29) is 5.91 Å². The summed E-state index contributed by atoms with van der Waals surface area (Å²) in [5.74, 6) is 0.569. The lowest BCUT2D eigenvalue weighted by Gasteiger charge is -2.12. The first-order chi connectivity index (χ1) is 17.1. The smallest absolute Gasteiger partial charge is 0.271 e. The van der Waals surface area contributed by atoms with Crippen LogP contribution in [0.2, 0.25) is 0 Å². The number of carbonyl (C=O) groups is 1. The lowest BCUT2D eigenvalue weighted by molar-refractivity contribution is 0.0955. The lowest BCUT2D eigenvalue weighted by atomic mass is 10.1. The molecule has 5 nitrogen and oxygen atoms in total. The summed E-state index contributed by atoms with van der Waals surface area (Å²) in [5, 5.41) is 4.14. The average molecular weight is 464 g/mol. The van der Waals surface area contributed by atoms with Crippen molar-refractivity contribution >= 4 is 12.1 Å². The van der Waals surface area contributed by atoms with Crippen LogP contribution < -0.4 is 10.2 Å². The van der Waals surface area contributed by atoms with Crippen molar-refractivity contribution in [3.05, 3.63) is 120 Å². The van der Waals surface area contributed by atoms with Gasteiger partial charge in [0.2, 0.25) is 0 Å². The van der Waals surface area contributed by atoms with Crippen LogP contribution in [0.1, 0.15) is 34.1 Å². The molecule has 0 aliphatic heterocycles. The van der Waals surface area contributed by atoms with Crippen molar-refractivity contribution in [1.29, 1.82) is 0 Å². The van der Waals surface area contributed by atoms with E-state index in [9.17, 15) is 4.79 Å². The first-order valence-corrected chi connectivity index (χ1v) is 11.6. The molecular weight excluding hydrogens is 434 g/mol. The number of nitrogens with zero attached hydrogens (tertiary/aromatic N) is 2. The van der Waals surface area contributed by atoms with Gasteiger partial charge in [-0.2, -0.15) is 5.10 Å². The highest BCUT2D eigenvalue weighted by atomic mass is 16.5. The fourth-order valence-corrected chi connectivity index (χ4v) is 4.00. The highest BCUT2D eigenvalue weighted by Crippen LogP contribution is 2.26. The summed E-state index contributed by atoms with van der Waals surface area (Å²) < 4.78 is 7.84. The summed E-state index contributed by atoms with van der Waals surface area (Å²) in [6, 6.07) is 27.8. The minimum Gasteiger partial charge on any atom is -0.494 e. The maximum Gasteiger partial charge on any atom is 0.271 e. The zero-order chi connectivity index (χ0) is 24.6. The number of rotatable bonds is 9. The van der Waals surface area contributed by atoms with Crippen molar-refractivity contribution < 1.29 is 9.53 Å². The van der Waals surface area contributed by atoms with Crippen LogP contribution in [0.5, 0.6) is 5.75 Å². The summed E-state index contributed by atoms with van der Waals surface area (Å²) in [7, 11) is 0. The maximum absolute atomic E-state index is 12.6. The SMILES string of the molecule is C=CCc1cc(/C=N/NC(=O)c2ccc(-n3c(C)ccc3-c3ccccc3)cc2)ccc1OCC. The Morgan fingerprint density at radius 3 is 2.51 bits per heavy atom. The van der Waals surface area contributed by atoms with Crippen molar-refractivity contribution in [2.75, 3.05) is 6.61 Å². The minimum atomic E-state index is -0.266. The number of carbonyl (C=O) groups excluding carboxylic acids is 1. The molecule has 0 saturated heterocycles. The fourth-order valence-electron chi connectivity index (χ4n) is 4.00. The van der Waals surface area contributed by atoms with Gasteiger partial charge in [-0.05, 0) is 91.6 Å². The van der Waals surface area contributed by atoms with E-state index in [0.29, 0.717) is 18.6 Å². The van der Waals surface area contributed by atoms with Gasteiger partial charge in [-0.25, -0.2) is 5.43 Å². The maximum atomic E-state index is 12.6. The summed E-state index contributed by atoms with van der Waals surface area (Å²) in [4.78, 5) is 12.6. The third-order valence-corrected chi connectivity index (χ3v) is 5.66. The molecule has 0 bridgehead atoms. The molecule has 5 heteroatoms. The van der Waals surface area contributed by atoms with Crippen molar-refractivity contribution in [1.82, 2.24) is 9.99 Å². The highest BCUT2D eigenvalue weighted by molar-refractivity contribution is 5.95. The second kappa shape index (κ2) is 11.2. The van der Waals surface area contributed by atoms with Gasteiger partial charge in [0.05, 0.1) is 18.5 Å². The standard InChI is InChI=1S/C30H29N3O2/c1-4-9-26-20-23(13-19-29(26)35-5-2)21-31-32-30(34)25-14-16-27(17-15-25)33-22(3)12-18-28(33)24-10-7-6-8-11-24/h4,6-8,10-21H,1,5,9H2,2-3H3,(H,32,34)/b31-21+. The molecule has 4 aromatic rings. The molecule has 176 valence electrons. The van der Waals surface area contributed by atoms with E-state index in [1.165, 1.54) is 0 Å². The Morgan fingerprint density at radius 1 is 1.03 bits per heavy atom. The molecule has 35 heavy (non-hydrogen) atoms. The number of amides is 1. The number of ether oxygens (including phenoxy) is 1. The molecule has 1 heterocycles. The number of nitrogens with one attached hydrogen (secondary N) is 1. The molecule has 0 unspecified atom stereocenters. The van der Waals surface area contributed by atoms with E-state index in [2.05, 4.69) is 52.9 Å². The third kappa shape index (κ3) is 5.58.